The number of amides is 2. The molecule has 1 heterocycles. The second-order valence-electron chi connectivity index (χ2n) is 4.97. The number of nitrogens with zero attached hydrogens (tertiary/aromatic N) is 1. The number of ether oxygens (including phenoxy) is 1. The Morgan fingerprint density at radius 1 is 1.45 bits per heavy atom. The van der Waals surface area contributed by atoms with Crippen LogP contribution in [0.3, 0.4) is 0 Å². The van der Waals surface area contributed by atoms with E-state index in [1.165, 1.54) is 0 Å². The molecule has 0 radical (unpaired) electrons. The highest BCUT2D eigenvalue weighted by atomic mass is 32.2. The number of thioether (sulfide) groups is 1. The summed E-state index contributed by atoms with van der Waals surface area (Å²) in [6.07, 6.45) is 1.61. The topological polar surface area (TPSA) is 58.6 Å². The van der Waals surface area contributed by atoms with E-state index in [0.717, 1.165) is 12.8 Å². The van der Waals surface area contributed by atoms with E-state index in [-0.39, 0.29) is 23.8 Å². The van der Waals surface area contributed by atoms with Gasteiger partial charge in [-0.2, -0.15) is 0 Å². The molecule has 2 amide bonds. The van der Waals surface area contributed by atoms with Crippen LogP contribution in [0.4, 0.5) is 0 Å². The number of hydrogen-bond acceptors (Lipinski definition) is 4. The lowest BCUT2D eigenvalue weighted by Crippen LogP contribution is -2.48. The van der Waals surface area contributed by atoms with Gasteiger partial charge in [0.25, 0.3) is 0 Å². The molecule has 0 spiro atoms. The van der Waals surface area contributed by atoms with Gasteiger partial charge >= 0.3 is 0 Å². The minimum absolute atomic E-state index is 0.0121. The van der Waals surface area contributed by atoms with Crippen molar-refractivity contribution in [1.82, 2.24) is 10.2 Å². The number of nitrogens with one attached hydrogen (secondary N) is 1. The van der Waals surface area contributed by atoms with E-state index in [1.807, 2.05) is 20.8 Å². The normalized spacial score (nSPS) is 19.9. The van der Waals surface area contributed by atoms with E-state index in [9.17, 15) is 9.59 Å². The first-order valence-electron chi connectivity index (χ1n) is 7.35. The zero-order chi connectivity index (χ0) is 15.0. The van der Waals surface area contributed by atoms with E-state index in [0.29, 0.717) is 31.4 Å². The van der Waals surface area contributed by atoms with Gasteiger partial charge in [-0.15, -0.1) is 11.8 Å². The fourth-order valence-corrected chi connectivity index (χ4v) is 3.15. The average Bonchev–Trinajstić information content (AvgIpc) is 2.94. The standard InChI is InChI=1S/C14H26N2O3S/c1-4-11(3)14(18)16-10-20-9-12(16)13(17)15-7-6-8-19-5-2/h11-12H,4-10H2,1-3H3,(H,15,17)/t11-,12+/m1/s1. The molecule has 0 aliphatic carbocycles. The van der Waals surface area contributed by atoms with Crippen molar-refractivity contribution >= 4 is 23.6 Å². The van der Waals surface area contributed by atoms with Gasteiger partial charge in [0.05, 0.1) is 5.88 Å². The van der Waals surface area contributed by atoms with E-state index < -0.39 is 0 Å². The maximum atomic E-state index is 12.2. The second-order valence-corrected chi connectivity index (χ2v) is 5.97. The van der Waals surface area contributed by atoms with E-state index in [2.05, 4.69) is 5.32 Å². The summed E-state index contributed by atoms with van der Waals surface area (Å²) in [6, 6.07) is -0.311. The van der Waals surface area contributed by atoms with Crippen molar-refractivity contribution in [2.45, 2.75) is 39.7 Å². The van der Waals surface area contributed by atoms with Crippen molar-refractivity contribution in [2.75, 3.05) is 31.4 Å². The molecule has 0 bridgehead atoms. The molecule has 2 atom stereocenters. The molecule has 116 valence electrons. The molecule has 5 nitrogen and oxygen atoms in total. The van der Waals surface area contributed by atoms with Crippen molar-refractivity contribution in [3.8, 4) is 0 Å². The maximum Gasteiger partial charge on any atom is 0.243 e. The number of rotatable bonds is 8. The third-order valence-electron chi connectivity index (χ3n) is 3.47. The SMILES string of the molecule is CCOCCCNC(=O)[C@@H]1CSCN1C(=O)[C@H](C)CC. The number of hydrogen-bond donors (Lipinski definition) is 1. The Balaban J connectivity index is 2.40. The Hall–Kier alpha value is -0.750. The van der Waals surface area contributed by atoms with Crippen LogP contribution in [-0.2, 0) is 14.3 Å². The average molecular weight is 302 g/mol. The molecule has 0 saturated carbocycles. The summed E-state index contributed by atoms with van der Waals surface area (Å²) < 4.78 is 5.23. The fraction of sp³-hybridized carbons (Fsp3) is 0.857. The van der Waals surface area contributed by atoms with Gasteiger partial charge < -0.3 is 15.0 Å². The molecule has 1 aliphatic heterocycles. The van der Waals surface area contributed by atoms with Gasteiger partial charge in [-0.25, -0.2) is 0 Å². The van der Waals surface area contributed by atoms with Crippen LogP contribution >= 0.6 is 11.8 Å². The van der Waals surface area contributed by atoms with Crippen molar-refractivity contribution < 1.29 is 14.3 Å². The van der Waals surface area contributed by atoms with Crippen LogP contribution in [0, 0.1) is 5.92 Å². The summed E-state index contributed by atoms with van der Waals surface area (Å²) in [5, 5.41) is 2.90. The predicted octanol–water partition coefficient (Wildman–Crippen LogP) is 1.48. The number of carbonyl (C=O) groups is 2. The molecular formula is C14H26N2O3S. The lowest BCUT2D eigenvalue weighted by atomic mass is 10.1. The van der Waals surface area contributed by atoms with Gasteiger partial charge in [-0.3, -0.25) is 9.59 Å². The summed E-state index contributed by atoms with van der Waals surface area (Å²) in [5.74, 6) is 1.36. The third-order valence-corrected chi connectivity index (χ3v) is 4.48. The minimum Gasteiger partial charge on any atom is -0.382 e. The molecule has 0 aromatic rings. The second kappa shape index (κ2) is 9.23. The first-order chi connectivity index (χ1) is 9.61. The van der Waals surface area contributed by atoms with Gasteiger partial charge in [0.15, 0.2) is 0 Å². The quantitative estimate of drug-likeness (QED) is 0.690. The molecule has 1 rings (SSSR count). The van der Waals surface area contributed by atoms with E-state index >= 15 is 0 Å². The molecule has 1 aliphatic rings. The molecule has 0 aromatic heterocycles. The van der Waals surface area contributed by atoms with Crippen LogP contribution in [-0.4, -0.2) is 54.1 Å². The van der Waals surface area contributed by atoms with Gasteiger partial charge in [0.1, 0.15) is 6.04 Å². The fourth-order valence-electron chi connectivity index (χ4n) is 1.98. The van der Waals surface area contributed by atoms with Crippen molar-refractivity contribution in [1.29, 1.82) is 0 Å². The lowest BCUT2D eigenvalue weighted by Gasteiger charge is -2.25. The molecule has 6 heteroatoms. The monoisotopic (exact) mass is 302 g/mol. The van der Waals surface area contributed by atoms with Crippen molar-refractivity contribution in [2.24, 2.45) is 5.92 Å². The zero-order valence-corrected chi connectivity index (χ0v) is 13.5. The first-order valence-corrected chi connectivity index (χ1v) is 8.50. The van der Waals surface area contributed by atoms with Crippen LogP contribution in [0.15, 0.2) is 0 Å². The summed E-state index contributed by atoms with van der Waals surface area (Å²) in [7, 11) is 0. The highest BCUT2D eigenvalue weighted by Gasteiger charge is 2.35. The lowest BCUT2D eigenvalue weighted by molar-refractivity contribution is -0.140. The smallest absolute Gasteiger partial charge is 0.243 e. The highest BCUT2D eigenvalue weighted by Crippen LogP contribution is 2.23. The molecule has 20 heavy (non-hydrogen) atoms. The van der Waals surface area contributed by atoms with Gasteiger partial charge in [0.2, 0.25) is 11.8 Å². The highest BCUT2D eigenvalue weighted by molar-refractivity contribution is 7.99. The number of carbonyl (C=O) groups excluding carboxylic acids is 2. The van der Waals surface area contributed by atoms with Crippen molar-refractivity contribution in [3.05, 3.63) is 0 Å². The Morgan fingerprint density at radius 3 is 2.85 bits per heavy atom. The summed E-state index contributed by atoms with van der Waals surface area (Å²) in [6.45, 7) is 7.82. The molecule has 0 aromatic carbocycles. The minimum atomic E-state index is -0.311. The zero-order valence-electron chi connectivity index (χ0n) is 12.7. The summed E-state index contributed by atoms with van der Waals surface area (Å²) >= 11 is 1.64. The predicted molar refractivity (Wildman–Crippen MR) is 81.5 cm³/mol. The molecule has 1 fully saturated rings. The molecule has 0 unspecified atom stereocenters. The Morgan fingerprint density at radius 2 is 2.20 bits per heavy atom. The Kier molecular flexibility index (Phi) is 7.99. The Bertz CT molecular complexity index is 326. The van der Waals surface area contributed by atoms with Gasteiger partial charge in [-0.05, 0) is 19.8 Å². The largest absolute Gasteiger partial charge is 0.382 e. The van der Waals surface area contributed by atoms with Crippen molar-refractivity contribution in [3.63, 3.8) is 0 Å². The van der Waals surface area contributed by atoms with Crippen LogP contribution in [0.2, 0.25) is 0 Å². The van der Waals surface area contributed by atoms with Gasteiger partial charge in [0, 0.05) is 31.4 Å². The molecular weight excluding hydrogens is 276 g/mol. The van der Waals surface area contributed by atoms with E-state index in [1.54, 1.807) is 16.7 Å². The first kappa shape index (κ1) is 17.3. The van der Waals surface area contributed by atoms with Crippen LogP contribution in [0.5, 0.6) is 0 Å². The van der Waals surface area contributed by atoms with Crippen LogP contribution in [0.25, 0.3) is 0 Å². The van der Waals surface area contributed by atoms with E-state index in [4.69, 9.17) is 4.74 Å². The summed E-state index contributed by atoms with van der Waals surface area (Å²) in [5.41, 5.74) is 0. The van der Waals surface area contributed by atoms with Crippen LogP contribution < -0.4 is 5.32 Å². The van der Waals surface area contributed by atoms with Gasteiger partial charge in [-0.1, -0.05) is 13.8 Å². The summed E-state index contributed by atoms with van der Waals surface area (Å²) in [4.78, 5) is 26.1. The van der Waals surface area contributed by atoms with Crippen LogP contribution in [0.1, 0.15) is 33.6 Å². The molecule has 1 N–H and O–H groups in total. The Labute approximate surface area is 125 Å². The third kappa shape index (κ3) is 4.98. The molecule has 1 saturated heterocycles. The maximum absolute atomic E-state index is 12.2.